The fraction of sp³-hybridized carbons (Fsp3) is 0.500. The predicted molar refractivity (Wildman–Crippen MR) is 81.6 cm³/mol. The Morgan fingerprint density at radius 3 is 2.63 bits per heavy atom. The van der Waals surface area contributed by atoms with E-state index in [9.17, 15) is 9.90 Å². The van der Waals surface area contributed by atoms with Crippen molar-refractivity contribution in [3.8, 4) is 0 Å². The minimum Gasteiger partial charge on any atom is -0.387 e. The molecule has 0 bridgehead atoms. The van der Waals surface area contributed by atoms with E-state index in [4.69, 9.17) is 11.6 Å². The first kappa shape index (κ1) is 16.3. The molecule has 1 amide bonds. The summed E-state index contributed by atoms with van der Waals surface area (Å²) in [7, 11) is 0. The van der Waals surface area contributed by atoms with Gasteiger partial charge in [0.25, 0.3) is 0 Å². The Kier molecular flexibility index (Phi) is 6.17. The topological polar surface area (TPSA) is 49.3 Å². The highest BCUT2D eigenvalue weighted by Crippen LogP contribution is 2.23. The van der Waals surface area contributed by atoms with Gasteiger partial charge in [0.05, 0.1) is 11.9 Å². The van der Waals surface area contributed by atoms with Crippen LogP contribution >= 0.6 is 23.4 Å². The van der Waals surface area contributed by atoms with Gasteiger partial charge in [0.1, 0.15) is 0 Å². The lowest BCUT2D eigenvalue weighted by Crippen LogP contribution is -2.31. The highest BCUT2D eigenvalue weighted by Gasteiger charge is 2.15. The Bertz CT molecular complexity index is 432. The maximum Gasteiger partial charge on any atom is 0.230 e. The highest BCUT2D eigenvalue weighted by atomic mass is 35.5. The van der Waals surface area contributed by atoms with E-state index in [0.29, 0.717) is 16.3 Å². The Morgan fingerprint density at radius 1 is 1.42 bits per heavy atom. The number of halogens is 1. The summed E-state index contributed by atoms with van der Waals surface area (Å²) in [6.45, 7) is 6.35. The maximum atomic E-state index is 11.6. The molecule has 0 saturated carbocycles. The van der Waals surface area contributed by atoms with E-state index in [1.54, 1.807) is 30.0 Å². The van der Waals surface area contributed by atoms with Gasteiger partial charge in [-0.3, -0.25) is 4.79 Å². The highest BCUT2D eigenvalue weighted by molar-refractivity contribution is 8.01. The van der Waals surface area contributed by atoms with Gasteiger partial charge in [0, 0.05) is 21.9 Å². The molecule has 1 unspecified atom stereocenters. The fourth-order valence-corrected chi connectivity index (χ4v) is 2.33. The van der Waals surface area contributed by atoms with Crippen LogP contribution in [0.3, 0.4) is 0 Å². The van der Waals surface area contributed by atoms with E-state index < -0.39 is 6.10 Å². The van der Waals surface area contributed by atoms with Crippen LogP contribution in [0.2, 0.25) is 5.02 Å². The summed E-state index contributed by atoms with van der Waals surface area (Å²) in [5, 5.41) is 13.2. The molecule has 0 aliphatic heterocycles. The number of aliphatic hydroxyl groups excluding tert-OH is 1. The van der Waals surface area contributed by atoms with Gasteiger partial charge in [0.2, 0.25) is 5.91 Å². The molecule has 0 radical (unpaired) electrons. The minimum atomic E-state index is -0.780. The molecule has 19 heavy (non-hydrogen) atoms. The first-order chi connectivity index (χ1) is 8.79. The second-order valence-electron chi connectivity index (χ2n) is 5.24. The van der Waals surface area contributed by atoms with Crippen molar-refractivity contribution < 1.29 is 9.90 Å². The average molecular weight is 302 g/mol. The van der Waals surface area contributed by atoms with Gasteiger partial charge in [-0.25, -0.2) is 0 Å². The van der Waals surface area contributed by atoms with E-state index in [-0.39, 0.29) is 17.2 Å². The van der Waals surface area contributed by atoms with Crippen molar-refractivity contribution >= 4 is 29.3 Å². The molecule has 0 fully saturated rings. The molecule has 2 N–H and O–H groups in total. The van der Waals surface area contributed by atoms with Crippen LogP contribution in [0.5, 0.6) is 0 Å². The van der Waals surface area contributed by atoms with Gasteiger partial charge >= 0.3 is 0 Å². The zero-order valence-electron chi connectivity index (χ0n) is 11.4. The van der Waals surface area contributed by atoms with Gasteiger partial charge in [0.15, 0.2) is 0 Å². The molecule has 0 aliphatic rings. The molecule has 106 valence electrons. The Morgan fingerprint density at radius 2 is 2.05 bits per heavy atom. The molecule has 1 aromatic carbocycles. The normalized spacial score (nSPS) is 13.1. The van der Waals surface area contributed by atoms with Crippen LogP contribution in [0.1, 0.15) is 32.4 Å². The smallest absolute Gasteiger partial charge is 0.230 e. The van der Waals surface area contributed by atoms with Gasteiger partial charge < -0.3 is 10.4 Å². The number of nitrogens with one attached hydrogen (secondary N) is 1. The van der Waals surface area contributed by atoms with Gasteiger partial charge in [-0.2, -0.15) is 0 Å². The summed E-state index contributed by atoms with van der Waals surface area (Å²) < 4.78 is 0.0543. The molecular formula is C14H20ClNO2S. The van der Waals surface area contributed by atoms with Crippen LogP contribution in [0.4, 0.5) is 0 Å². The van der Waals surface area contributed by atoms with Crippen LogP contribution < -0.4 is 5.32 Å². The lowest BCUT2D eigenvalue weighted by atomic mass is 10.1. The molecule has 1 atom stereocenters. The van der Waals surface area contributed by atoms with E-state index >= 15 is 0 Å². The number of carbonyl (C=O) groups excluding carboxylic acids is 1. The molecule has 3 nitrogen and oxygen atoms in total. The van der Waals surface area contributed by atoms with Gasteiger partial charge in [-0.1, -0.05) is 50.6 Å². The Balaban J connectivity index is 2.40. The molecule has 0 saturated heterocycles. The van der Waals surface area contributed by atoms with Gasteiger partial charge in [-0.15, -0.1) is 11.8 Å². The molecular weight excluding hydrogens is 282 g/mol. The summed E-state index contributed by atoms with van der Waals surface area (Å²) in [5.41, 5.74) is 0.632. The van der Waals surface area contributed by atoms with Crippen LogP contribution in [0, 0.1) is 0 Å². The number of rotatable bonds is 5. The van der Waals surface area contributed by atoms with E-state index in [0.717, 1.165) is 0 Å². The second kappa shape index (κ2) is 7.17. The number of benzene rings is 1. The number of carbonyl (C=O) groups is 1. The van der Waals surface area contributed by atoms with Crippen molar-refractivity contribution in [3.05, 3.63) is 34.9 Å². The van der Waals surface area contributed by atoms with Crippen molar-refractivity contribution in [1.82, 2.24) is 5.32 Å². The van der Waals surface area contributed by atoms with Crippen molar-refractivity contribution in [3.63, 3.8) is 0 Å². The number of amides is 1. The Hall–Kier alpha value is -0.710. The average Bonchev–Trinajstić information content (AvgIpc) is 2.33. The fourth-order valence-electron chi connectivity index (χ4n) is 1.40. The number of aliphatic hydroxyl groups is 1. The third-order valence-electron chi connectivity index (χ3n) is 2.39. The van der Waals surface area contributed by atoms with Crippen molar-refractivity contribution in [1.29, 1.82) is 0 Å². The quantitative estimate of drug-likeness (QED) is 0.879. The lowest BCUT2D eigenvalue weighted by Gasteiger charge is -2.18. The lowest BCUT2D eigenvalue weighted by molar-refractivity contribution is -0.119. The number of thioether (sulfide) groups is 1. The van der Waals surface area contributed by atoms with E-state index in [1.165, 1.54) is 0 Å². The first-order valence-corrected chi connectivity index (χ1v) is 7.49. The predicted octanol–water partition coefficient (Wildman–Crippen LogP) is 3.02. The third-order valence-corrected chi connectivity index (χ3v) is 4.01. The summed E-state index contributed by atoms with van der Waals surface area (Å²) >= 11 is 7.55. The van der Waals surface area contributed by atoms with Gasteiger partial charge in [-0.05, 0) is 6.07 Å². The van der Waals surface area contributed by atoms with Crippen molar-refractivity contribution in [2.24, 2.45) is 0 Å². The summed E-state index contributed by atoms with van der Waals surface area (Å²) in [5.74, 6) is 0.310. The van der Waals surface area contributed by atoms with Crippen LogP contribution in [0.15, 0.2) is 24.3 Å². The number of hydrogen-bond acceptors (Lipinski definition) is 3. The largest absolute Gasteiger partial charge is 0.387 e. The number of hydrogen-bond donors (Lipinski definition) is 2. The zero-order chi connectivity index (χ0) is 14.5. The molecule has 5 heteroatoms. The maximum absolute atomic E-state index is 11.6. The standard InChI is InChI=1S/C14H20ClNO2S/c1-14(2,3)19-9-13(18)16-8-12(17)10-6-4-5-7-11(10)15/h4-7,12,17H,8-9H2,1-3H3,(H,16,18). The van der Waals surface area contributed by atoms with Crippen LogP contribution in [0.25, 0.3) is 0 Å². The molecule has 0 spiro atoms. The van der Waals surface area contributed by atoms with E-state index in [2.05, 4.69) is 26.1 Å². The minimum absolute atomic E-state index is 0.0543. The van der Waals surface area contributed by atoms with Crippen LogP contribution in [-0.4, -0.2) is 28.1 Å². The summed E-state index contributed by atoms with van der Waals surface area (Å²) in [4.78, 5) is 11.6. The summed E-state index contributed by atoms with van der Waals surface area (Å²) in [6, 6.07) is 7.08. The SMILES string of the molecule is CC(C)(C)SCC(=O)NCC(O)c1ccccc1Cl. The Labute approximate surface area is 123 Å². The summed E-state index contributed by atoms with van der Waals surface area (Å²) in [6.07, 6.45) is -0.780. The zero-order valence-corrected chi connectivity index (χ0v) is 13.0. The van der Waals surface area contributed by atoms with Crippen molar-refractivity contribution in [2.75, 3.05) is 12.3 Å². The third kappa shape index (κ3) is 6.32. The monoisotopic (exact) mass is 301 g/mol. The molecule has 1 aromatic rings. The van der Waals surface area contributed by atoms with E-state index in [1.807, 2.05) is 6.07 Å². The molecule has 0 aliphatic carbocycles. The molecule has 0 heterocycles. The molecule has 0 aromatic heterocycles. The first-order valence-electron chi connectivity index (χ1n) is 6.13. The van der Waals surface area contributed by atoms with Crippen molar-refractivity contribution in [2.45, 2.75) is 31.6 Å². The molecule has 1 rings (SSSR count). The second-order valence-corrected chi connectivity index (χ2v) is 7.45. The van der Waals surface area contributed by atoms with Crippen LogP contribution in [-0.2, 0) is 4.79 Å².